The van der Waals surface area contributed by atoms with Crippen molar-refractivity contribution in [2.24, 2.45) is 0 Å². The van der Waals surface area contributed by atoms with E-state index in [1.165, 1.54) is 4.90 Å². The first-order valence-corrected chi connectivity index (χ1v) is 7.91. The number of anilines is 1. The van der Waals surface area contributed by atoms with Crippen LogP contribution < -0.4 is 4.90 Å². The van der Waals surface area contributed by atoms with Gasteiger partial charge in [-0.15, -0.1) is 0 Å². The van der Waals surface area contributed by atoms with Gasteiger partial charge in [0, 0.05) is 11.4 Å². The SMILES string of the molecule is CC(CC(=O)O)N(C(=O)OC(C)(C)C)c1cccc2ccccc12. The number of hydrogen-bond acceptors (Lipinski definition) is 3. The lowest BCUT2D eigenvalue weighted by Crippen LogP contribution is -2.43. The van der Waals surface area contributed by atoms with Crippen molar-refractivity contribution in [3.63, 3.8) is 0 Å². The Kier molecular flexibility index (Phi) is 5.12. The van der Waals surface area contributed by atoms with Crippen LogP contribution in [0.15, 0.2) is 42.5 Å². The summed E-state index contributed by atoms with van der Waals surface area (Å²) in [4.78, 5) is 25.3. The number of amides is 1. The van der Waals surface area contributed by atoms with Crippen LogP contribution in [0, 0.1) is 0 Å². The first-order chi connectivity index (χ1) is 11.2. The summed E-state index contributed by atoms with van der Waals surface area (Å²) in [6.07, 6.45) is -0.713. The summed E-state index contributed by atoms with van der Waals surface area (Å²) in [5, 5.41) is 11.0. The van der Waals surface area contributed by atoms with Gasteiger partial charge in [-0.25, -0.2) is 4.79 Å². The van der Waals surface area contributed by atoms with E-state index in [0.29, 0.717) is 5.69 Å². The van der Waals surface area contributed by atoms with Crippen LogP contribution in [-0.2, 0) is 9.53 Å². The fourth-order valence-corrected chi connectivity index (χ4v) is 2.59. The summed E-state index contributed by atoms with van der Waals surface area (Å²) in [5.74, 6) is -0.962. The van der Waals surface area contributed by atoms with E-state index in [9.17, 15) is 9.59 Å². The van der Waals surface area contributed by atoms with Gasteiger partial charge in [0.15, 0.2) is 0 Å². The molecule has 0 aromatic heterocycles. The number of hydrogen-bond donors (Lipinski definition) is 1. The van der Waals surface area contributed by atoms with Gasteiger partial charge in [-0.2, -0.15) is 0 Å². The summed E-state index contributed by atoms with van der Waals surface area (Å²) in [7, 11) is 0. The van der Waals surface area contributed by atoms with Gasteiger partial charge < -0.3 is 9.84 Å². The number of rotatable bonds is 4. The maximum Gasteiger partial charge on any atom is 0.415 e. The van der Waals surface area contributed by atoms with Crippen molar-refractivity contribution in [2.45, 2.75) is 45.8 Å². The van der Waals surface area contributed by atoms with Gasteiger partial charge in [0.05, 0.1) is 12.1 Å². The van der Waals surface area contributed by atoms with Crippen LogP contribution in [0.25, 0.3) is 10.8 Å². The van der Waals surface area contributed by atoms with Crippen molar-refractivity contribution in [3.8, 4) is 0 Å². The lowest BCUT2D eigenvalue weighted by molar-refractivity contribution is -0.137. The molecule has 0 aliphatic heterocycles. The molecule has 1 N–H and O–H groups in total. The van der Waals surface area contributed by atoms with Gasteiger partial charge in [0.2, 0.25) is 0 Å². The Morgan fingerprint density at radius 2 is 1.75 bits per heavy atom. The summed E-state index contributed by atoms with van der Waals surface area (Å²) < 4.78 is 5.50. The average Bonchev–Trinajstić information content (AvgIpc) is 2.45. The fourth-order valence-electron chi connectivity index (χ4n) is 2.59. The number of fused-ring (bicyclic) bond motifs is 1. The van der Waals surface area contributed by atoms with Crippen LogP contribution in [0.4, 0.5) is 10.5 Å². The predicted molar refractivity (Wildman–Crippen MR) is 94.4 cm³/mol. The lowest BCUT2D eigenvalue weighted by atomic mass is 10.1. The van der Waals surface area contributed by atoms with E-state index in [1.54, 1.807) is 27.7 Å². The first-order valence-electron chi connectivity index (χ1n) is 7.91. The molecule has 0 saturated carbocycles. The van der Waals surface area contributed by atoms with Crippen molar-refractivity contribution in [1.29, 1.82) is 0 Å². The van der Waals surface area contributed by atoms with Gasteiger partial charge in [0.1, 0.15) is 5.60 Å². The highest BCUT2D eigenvalue weighted by atomic mass is 16.6. The molecular weight excluding hydrogens is 306 g/mol. The van der Waals surface area contributed by atoms with Crippen LogP contribution in [0.2, 0.25) is 0 Å². The quantitative estimate of drug-likeness (QED) is 0.900. The highest BCUT2D eigenvalue weighted by Gasteiger charge is 2.29. The monoisotopic (exact) mass is 329 g/mol. The standard InChI is InChI=1S/C19H23NO4/c1-13(12-17(21)22)20(18(23)24-19(2,3)4)16-11-7-9-14-8-5-6-10-15(14)16/h5-11,13H,12H2,1-4H3,(H,21,22). The number of carboxylic acid groups (broad SMARTS) is 1. The molecule has 0 radical (unpaired) electrons. The molecule has 2 aromatic carbocycles. The zero-order valence-corrected chi connectivity index (χ0v) is 14.4. The smallest absolute Gasteiger partial charge is 0.415 e. The Morgan fingerprint density at radius 1 is 1.12 bits per heavy atom. The molecule has 1 unspecified atom stereocenters. The molecule has 2 rings (SSSR count). The zero-order chi connectivity index (χ0) is 17.9. The second-order valence-corrected chi connectivity index (χ2v) is 6.80. The minimum absolute atomic E-state index is 0.164. The van der Waals surface area contributed by atoms with Gasteiger partial charge in [-0.3, -0.25) is 9.69 Å². The Labute approximate surface area is 141 Å². The molecule has 0 bridgehead atoms. The number of carboxylic acids is 1. The maximum absolute atomic E-state index is 12.7. The Hall–Kier alpha value is -2.56. The van der Waals surface area contributed by atoms with Gasteiger partial charge in [-0.1, -0.05) is 36.4 Å². The van der Waals surface area contributed by atoms with Crippen molar-refractivity contribution in [3.05, 3.63) is 42.5 Å². The maximum atomic E-state index is 12.7. The fraction of sp³-hybridized carbons (Fsp3) is 0.368. The third kappa shape index (κ3) is 4.25. The van der Waals surface area contributed by atoms with E-state index in [4.69, 9.17) is 9.84 Å². The Morgan fingerprint density at radius 3 is 2.38 bits per heavy atom. The third-order valence-electron chi connectivity index (χ3n) is 3.53. The summed E-state index contributed by atoms with van der Waals surface area (Å²) in [6, 6.07) is 12.7. The van der Waals surface area contributed by atoms with E-state index < -0.39 is 23.7 Å². The minimum Gasteiger partial charge on any atom is -0.481 e. The highest BCUT2D eigenvalue weighted by Crippen LogP contribution is 2.30. The van der Waals surface area contributed by atoms with Crippen molar-refractivity contribution in [2.75, 3.05) is 4.90 Å². The van der Waals surface area contributed by atoms with E-state index in [2.05, 4.69) is 0 Å². The molecule has 0 fully saturated rings. The molecule has 1 atom stereocenters. The molecule has 2 aromatic rings. The van der Waals surface area contributed by atoms with Crippen LogP contribution in [0.5, 0.6) is 0 Å². The number of carbonyl (C=O) groups is 2. The second-order valence-electron chi connectivity index (χ2n) is 6.80. The summed E-state index contributed by atoms with van der Waals surface area (Å²) >= 11 is 0. The van der Waals surface area contributed by atoms with E-state index in [0.717, 1.165) is 10.8 Å². The van der Waals surface area contributed by atoms with Crippen molar-refractivity contribution >= 4 is 28.5 Å². The molecule has 0 aliphatic carbocycles. The largest absolute Gasteiger partial charge is 0.481 e. The second kappa shape index (κ2) is 6.91. The molecule has 0 spiro atoms. The van der Waals surface area contributed by atoms with Crippen LogP contribution in [-0.4, -0.2) is 28.8 Å². The van der Waals surface area contributed by atoms with Crippen LogP contribution in [0.1, 0.15) is 34.1 Å². The topological polar surface area (TPSA) is 66.8 Å². The molecule has 0 heterocycles. The van der Waals surface area contributed by atoms with Crippen molar-refractivity contribution in [1.82, 2.24) is 0 Å². The normalized spacial score (nSPS) is 12.7. The number of aliphatic carboxylic acids is 1. The average molecular weight is 329 g/mol. The van der Waals surface area contributed by atoms with Gasteiger partial charge in [0.25, 0.3) is 0 Å². The molecule has 0 saturated heterocycles. The molecule has 128 valence electrons. The van der Waals surface area contributed by atoms with E-state index >= 15 is 0 Å². The number of ether oxygens (including phenoxy) is 1. The minimum atomic E-state index is -0.962. The molecule has 5 nitrogen and oxygen atoms in total. The lowest BCUT2D eigenvalue weighted by Gasteiger charge is -2.32. The Balaban J connectivity index is 2.51. The number of carbonyl (C=O) groups excluding carboxylic acids is 1. The number of benzene rings is 2. The highest BCUT2D eigenvalue weighted by molar-refractivity contribution is 6.02. The summed E-state index contributed by atoms with van der Waals surface area (Å²) in [5.41, 5.74) is -0.0147. The Bertz CT molecular complexity index is 743. The molecule has 24 heavy (non-hydrogen) atoms. The number of nitrogens with zero attached hydrogens (tertiary/aromatic N) is 1. The van der Waals surface area contributed by atoms with Crippen molar-refractivity contribution < 1.29 is 19.4 Å². The van der Waals surface area contributed by atoms with Gasteiger partial charge >= 0.3 is 12.1 Å². The predicted octanol–water partition coefficient (Wildman–Crippen LogP) is 4.44. The molecule has 5 heteroatoms. The molecule has 0 aliphatic rings. The summed E-state index contributed by atoms with van der Waals surface area (Å²) in [6.45, 7) is 7.07. The van der Waals surface area contributed by atoms with E-state index in [1.807, 2.05) is 42.5 Å². The first kappa shape index (κ1) is 17.8. The molecular formula is C19H23NO4. The van der Waals surface area contributed by atoms with Crippen LogP contribution >= 0.6 is 0 Å². The van der Waals surface area contributed by atoms with Crippen LogP contribution in [0.3, 0.4) is 0 Å². The third-order valence-corrected chi connectivity index (χ3v) is 3.53. The van der Waals surface area contributed by atoms with Gasteiger partial charge in [-0.05, 0) is 39.1 Å². The molecule has 1 amide bonds. The van der Waals surface area contributed by atoms with E-state index in [-0.39, 0.29) is 6.42 Å². The zero-order valence-electron chi connectivity index (χ0n) is 14.4.